The highest BCUT2D eigenvalue weighted by Gasteiger charge is 2.26. The number of benzene rings is 1. The Morgan fingerprint density at radius 3 is 2.92 bits per heavy atom. The smallest absolute Gasteiger partial charge is 0.254 e. The summed E-state index contributed by atoms with van der Waals surface area (Å²) in [7, 11) is 0. The van der Waals surface area contributed by atoms with Crippen LogP contribution >= 0.6 is 0 Å². The number of ether oxygens (including phenoxy) is 1. The highest BCUT2D eigenvalue weighted by atomic mass is 19.1. The van der Waals surface area contributed by atoms with Gasteiger partial charge in [-0.3, -0.25) is 4.79 Å². The van der Waals surface area contributed by atoms with Crippen molar-refractivity contribution in [2.75, 3.05) is 13.1 Å². The Balaban J connectivity index is 1.68. The molecule has 1 atom stereocenters. The molecule has 0 bridgehead atoms. The normalized spacial score (nSPS) is 17.6. The van der Waals surface area contributed by atoms with Gasteiger partial charge in [-0.25, -0.2) is 9.37 Å². The molecule has 2 aromatic rings. The van der Waals surface area contributed by atoms with Gasteiger partial charge in [-0.1, -0.05) is 6.07 Å². The molecular formula is C18H20FN3O2. The zero-order chi connectivity index (χ0) is 17.1. The van der Waals surface area contributed by atoms with Crippen LogP contribution in [0.3, 0.4) is 0 Å². The van der Waals surface area contributed by atoms with Crippen molar-refractivity contribution < 1.29 is 13.9 Å². The first-order valence-corrected chi connectivity index (χ1v) is 8.04. The summed E-state index contributed by atoms with van der Waals surface area (Å²) in [6.45, 7) is 4.60. The summed E-state index contributed by atoms with van der Waals surface area (Å²) in [4.78, 5) is 22.6. The van der Waals surface area contributed by atoms with E-state index in [1.54, 1.807) is 43.1 Å². The Morgan fingerprint density at radius 1 is 1.33 bits per heavy atom. The first-order valence-electron chi connectivity index (χ1n) is 8.04. The van der Waals surface area contributed by atoms with Crippen LogP contribution in [0.25, 0.3) is 0 Å². The van der Waals surface area contributed by atoms with Crippen LogP contribution < -0.4 is 4.74 Å². The van der Waals surface area contributed by atoms with E-state index in [0.717, 1.165) is 12.8 Å². The molecule has 1 aromatic carbocycles. The quantitative estimate of drug-likeness (QED) is 0.869. The molecule has 1 unspecified atom stereocenters. The van der Waals surface area contributed by atoms with Gasteiger partial charge in [-0.05, 0) is 44.4 Å². The molecule has 0 aliphatic carbocycles. The Bertz CT molecular complexity index is 751. The molecule has 0 N–H and O–H groups in total. The fourth-order valence-corrected chi connectivity index (χ4v) is 2.80. The molecular weight excluding hydrogens is 309 g/mol. The third-order valence-electron chi connectivity index (χ3n) is 4.12. The molecule has 1 aromatic heterocycles. The number of halogens is 1. The Labute approximate surface area is 140 Å². The van der Waals surface area contributed by atoms with Crippen LogP contribution in [0.15, 0.2) is 30.5 Å². The molecule has 1 fully saturated rings. The van der Waals surface area contributed by atoms with Crippen LogP contribution in [0.5, 0.6) is 5.88 Å². The Morgan fingerprint density at radius 2 is 2.17 bits per heavy atom. The van der Waals surface area contributed by atoms with Gasteiger partial charge in [0.25, 0.3) is 5.91 Å². The van der Waals surface area contributed by atoms with E-state index in [-0.39, 0.29) is 17.8 Å². The van der Waals surface area contributed by atoms with Gasteiger partial charge >= 0.3 is 0 Å². The SMILES string of the molecule is Cc1nccc(OC2CCCN(C(=O)c3ccc(C)c(F)c3)C2)n1. The predicted molar refractivity (Wildman–Crippen MR) is 87.5 cm³/mol. The van der Waals surface area contributed by atoms with Crippen LogP contribution in [0.2, 0.25) is 0 Å². The second-order valence-electron chi connectivity index (χ2n) is 6.04. The summed E-state index contributed by atoms with van der Waals surface area (Å²) in [5.74, 6) is 0.637. The van der Waals surface area contributed by atoms with E-state index in [1.807, 2.05) is 0 Å². The van der Waals surface area contributed by atoms with Crippen molar-refractivity contribution in [1.29, 1.82) is 0 Å². The minimum absolute atomic E-state index is 0.118. The van der Waals surface area contributed by atoms with Crippen molar-refractivity contribution in [3.63, 3.8) is 0 Å². The molecule has 0 radical (unpaired) electrons. The van der Waals surface area contributed by atoms with Gasteiger partial charge in [0, 0.05) is 24.4 Å². The van der Waals surface area contributed by atoms with Crippen molar-refractivity contribution >= 4 is 5.91 Å². The van der Waals surface area contributed by atoms with Gasteiger partial charge in [-0.2, -0.15) is 4.98 Å². The van der Waals surface area contributed by atoms with Gasteiger partial charge in [0.2, 0.25) is 5.88 Å². The average molecular weight is 329 g/mol. The zero-order valence-corrected chi connectivity index (χ0v) is 13.8. The van der Waals surface area contributed by atoms with Crippen molar-refractivity contribution in [3.05, 3.63) is 53.2 Å². The number of rotatable bonds is 3. The highest BCUT2D eigenvalue weighted by Crippen LogP contribution is 2.19. The largest absolute Gasteiger partial charge is 0.472 e. The van der Waals surface area contributed by atoms with E-state index in [1.165, 1.54) is 6.07 Å². The number of hydrogen-bond donors (Lipinski definition) is 0. The molecule has 1 aliphatic heterocycles. The summed E-state index contributed by atoms with van der Waals surface area (Å²) in [6, 6.07) is 6.31. The zero-order valence-electron chi connectivity index (χ0n) is 13.8. The minimum Gasteiger partial charge on any atom is -0.472 e. The number of nitrogens with zero attached hydrogens (tertiary/aromatic N) is 3. The lowest BCUT2D eigenvalue weighted by atomic mass is 10.1. The van der Waals surface area contributed by atoms with Crippen LogP contribution in [-0.2, 0) is 0 Å². The fraction of sp³-hybridized carbons (Fsp3) is 0.389. The van der Waals surface area contributed by atoms with Crippen molar-refractivity contribution in [1.82, 2.24) is 14.9 Å². The number of carbonyl (C=O) groups excluding carboxylic acids is 1. The summed E-state index contributed by atoms with van der Waals surface area (Å²) in [5, 5.41) is 0. The topological polar surface area (TPSA) is 55.3 Å². The molecule has 3 rings (SSSR count). The standard InChI is InChI=1S/C18H20FN3O2/c1-12-5-6-14(10-16(12)19)18(23)22-9-3-4-15(11-22)24-17-7-8-20-13(2)21-17/h5-8,10,15H,3-4,9,11H2,1-2H3. The monoisotopic (exact) mass is 329 g/mol. The first kappa shape index (κ1) is 16.4. The maximum atomic E-state index is 13.7. The van der Waals surface area contributed by atoms with Crippen LogP contribution in [0.4, 0.5) is 4.39 Å². The molecule has 0 spiro atoms. The van der Waals surface area contributed by atoms with Crippen LogP contribution in [0.1, 0.15) is 34.6 Å². The lowest BCUT2D eigenvalue weighted by molar-refractivity contribution is 0.0526. The number of carbonyl (C=O) groups is 1. The molecule has 2 heterocycles. The third kappa shape index (κ3) is 3.69. The van der Waals surface area contributed by atoms with E-state index < -0.39 is 0 Å². The van der Waals surface area contributed by atoms with Crippen molar-refractivity contribution in [2.45, 2.75) is 32.8 Å². The maximum absolute atomic E-state index is 13.7. The number of aryl methyl sites for hydroxylation is 2. The van der Waals surface area contributed by atoms with E-state index >= 15 is 0 Å². The van der Waals surface area contributed by atoms with E-state index in [9.17, 15) is 9.18 Å². The van der Waals surface area contributed by atoms with Gasteiger partial charge in [0.1, 0.15) is 17.7 Å². The lowest BCUT2D eigenvalue weighted by Gasteiger charge is -2.32. The van der Waals surface area contributed by atoms with E-state index in [0.29, 0.717) is 35.9 Å². The summed E-state index contributed by atoms with van der Waals surface area (Å²) in [6.07, 6.45) is 3.23. The molecule has 1 aliphatic rings. The average Bonchev–Trinajstić information content (AvgIpc) is 2.57. The Kier molecular flexibility index (Phi) is 4.74. The lowest BCUT2D eigenvalue weighted by Crippen LogP contribution is -2.44. The minimum atomic E-state index is -0.359. The summed E-state index contributed by atoms with van der Waals surface area (Å²) < 4.78 is 19.6. The van der Waals surface area contributed by atoms with Gasteiger partial charge in [0.05, 0.1) is 6.54 Å². The molecule has 6 heteroatoms. The number of hydrogen-bond acceptors (Lipinski definition) is 4. The number of likely N-dealkylation sites (tertiary alicyclic amines) is 1. The molecule has 1 saturated heterocycles. The third-order valence-corrected chi connectivity index (χ3v) is 4.12. The summed E-state index contributed by atoms with van der Waals surface area (Å²) >= 11 is 0. The molecule has 5 nitrogen and oxygen atoms in total. The van der Waals surface area contributed by atoms with E-state index in [4.69, 9.17) is 4.74 Å². The highest BCUT2D eigenvalue weighted by molar-refractivity contribution is 5.94. The van der Waals surface area contributed by atoms with Crippen molar-refractivity contribution in [3.8, 4) is 5.88 Å². The molecule has 126 valence electrons. The predicted octanol–water partition coefficient (Wildman–Crippen LogP) is 2.92. The van der Waals surface area contributed by atoms with Gasteiger partial charge in [-0.15, -0.1) is 0 Å². The second kappa shape index (κ2) is 6.95. The number of piperidine rings is 1. The van der Waals surface area contributed by atoms with Gasteiger partial charge in [0.15, 0.2) is 0 Å². The fourth-order valence-electron chi connectivity index (χ4n) is 2.80. The Hall–Kier alpha value is -2.50. The summed E-state index contributed by atoms with van der Waals surface area (Å²) in [5.41, 5.74) is 0.905. The van der Waals surface area contributed by atoms with Crippen molar-refractivity contribution in [2.24, 2.45) is 0 Å². The molecule has 1 amide bonds. The molecule has 0 saturated carbocycles. The number of amides is 1. The number of aromatic nitrogens is 2. The van der Waals surface area contributed by atoms with Gasteiger partial charge < -0.3 is 9.64 Å². The second-order valence-corrected chi connectivity index (χ2v) is 6.04. The van der Waals surface area contributed by atoms with Crippen LogP contribution in [-0.4, -0.2) is 40.0 Å². The molecule has 24 heavy (non-hydrogen) atoms. The first-order chi connectivity index (χ1) is 11.5. The maximum Gasteiger partial charge on any atom is 0.254 e. The van der Waals surface area contributed by atoms with Crippen LogP contribution in [0, 0.1) is 19.7 Å². The van der Waals surface area contributed by atoms with E-state index in [2.05, 4.69) is 9.97 Å².